The Morgan fingerprint density at radius 2 is 1.95 bits per heavy atom. The highest BCUT2D eigenvalue weighted by molar-refractivity contribution is 5.91. The first kappa shape index (κ1) is 14.7. The summed E-state index contributed by atoms with van der Waals surface area (Å²) >= 11 is 0. The molecule has 2 N–H and O–H groups in total. The van der Waals surface area contributed by atoms with E-state index in [9.17, 15) is 9.90 Å². The number of carbonyl (C=O) groups is 1. The van der Waals surface area contributed by atoms with Crippen molar-refractivity contribution in [1.82, 2.24) is 20.3 Å². The molecule has 116 valence electrons. The van der Waals surface area contributed by atoms with Gasteiger partial charge in [-0.1, -0.05) is 37.5 Å². The van der Waals surface area contributed by atoms with Crippen molar-refractivity contribution in [2.24, 2.45) is 0 Å². The fraction of sp³-hybridized carbons (Fsp3) is 0.438. The zero-order valence-electron chi connectivity index (χ0n) is 12.4. The Morgan fingerprint density at radius 1 is 1.23 bits per heavy atom. The molecule has 1 aliphatic carbocycles. The molecule has 3 rings (SSSR count). The summed E-state index contributed by atoms with van der Waals surface area (Å²) in [7, 11) is 0. The Kier molecular flexibility index (Phi) is 4.20. The zero-order chi connectivity index (χ0) is 15.4. The summed E-state index contributed by atoms with van der Waals surface area (Å²) in [4.78, 5) is 13.6. The largest absolute Gasteiger partial charge is 0.388 e. The van der Waals surface area contributed by atoms with Crippen LogP contribution in [0.25, 0.3) is 5.69 Å². The first-order chi connectivity index (χ1) is 10.7. The molecule has 22 heavy (non-hydrogen) atoms. The van der Waals surface area contributed by atoms with Crippen LogP contribution in [-0.4, -0.2) is 38.2 Å². The Hall–Kier alpha value is -2.21. The lowest BCUT2D eigenvalue weighted by Gasteiger charge is -2.31. The van der Waals surface area contributed by atoms with Crippen molar-refractivity contribution in [2.75, 3.05) is 6.54 Å². The monoisotopic (exact) mass is 300 g/mol. The van der Waals surface area contributed by atoms with Crippen molar-refractivity contribution < 1.29 is 9.90 Å². The number of para-hydroxylation sites is 1. The van der Waals surface area contributed by atoms with Gasteiger partial charge in [-0.2, -0.15) is 9.90 Å². The summed E-state index contributed by atoms with van der Waals surface area (Å²) in [6.45, 7) is 0.268. The quantitative estimate of drug-likeness (QED) is 0.900. The minimum Gasteiger partial charge on any atom is -0.388 e. The second-order valence-corrected chi connectivity index (χ2v) is 5.82. The average Bonchev–Trinajstić information content (AvgIpc) is 3.04. The van der Waals surface area contributed by atoms with Gasteiger partial charge in [0.2, 0.25) is 0 Å². The third kappa shape index (κ3) is 3.33. The maximum Gasteiger partial charge on any atom is 0.273 e. The molecule has 0 saturated heterocycles. The summed E-state index contributed by atoms with van der Waals surface area (Å²) in [5.74, 6) is -0.304. The number of benzene rings is 1. The van der Waals surface area contributed by atoms with Gasteiger partial charge in [-0.05, 0) is 25.0 Å². The predicted octanol–water partition coefficient (Wildman–Crippen LogP) is 1.69. The van der Waals surface area contributed by atoms with Crippen LogP contribution >= 0.6 is 0 Å². The van der Waals surface area contributed by atoms with Crippen LogP contribution in [0, 0.1) is 0 Å². The molecule has 2 aromatic rings. The molecule has 1 aromatic heterocycles. The molecule has 0 atom stereocenters. The van der Waals surface area contributed by atoms with Gasteiger partial charge in [0.05, 0.1) is 17.5 Å². The van der Waals surface area contributed by atoms with Crippen molar-refractivity contribution in [3.8, 4) is 5.69 Å². The topological polar surface area (TPSA) is 80.0 Å². The standard InChI is InChI=1S/C16H20N4O2/c21-15(17-12-16(22)9-5-2-6-10-16)14-11-18-20(19-14)13-7-3-1-4-8-13/h1,3-4,7-8,11,22H,2,5-6,9-10,12H2,(H,17,21). The molecule has 0 aliphatic heterocycles. The molecule has 1 heterocycles. The van der Waals surface area contributed by atoms with Gasteiger partial charge in [-0.15, -0.1) is 5.10 Å². The van der Waals surface area contributed by atoms with Crippen LogP contribution in [0.4, 0.5) is 0 Å². The number of carbonyl (C=O) groups excluding carboxylic acids is 1. The molecule has 1 aromatic carbocycles. The molecular weight excluding hydrogens is 280 g/mol. The molecule has 0 spiro atoms. The van der Waals surface area contributed by atoms with Gasteiger partial charge in [0.25, 0.3) is 5.91 Å². The summed E-state index contributed by atoms with van der Waals surface area (Å²) in [5, 5.41) is 21.4. The minimum absolute atomic E-state index is 0.253. The molecule has 1 amide bonds. The number of aliphatic hydroxyl groups is 1. The summed E-state index contributed by atoms with van der Waals surface area (Å²) in [6, 6.07) is 9.42. The molecule has 0 unspecified atom stereocenters. The molecule has 0 radical (unpaired) electrons. The van der Waals surface area contributed by atoms with Crippen LogP contribution in [0.5, 0.6) is 0 Å². The van der Waals surface area contributed by atoms with Crippen LogP contribution in [-0.2, 0) is 0 Å². The van der Waals surface area contributed by atoms with E-state index < -0.39 is 5.60 Å². The molecule has 0 bridgehead atoms. The molecular formula is C16H20N4O2. The van der Waals surface area contributed by atoms with E-state index in [0.29, 0.717) is 0 Å². The fourth-order valence-electron chi connectivity index (χ4n) is 2.77. The van der Waals surface area contributed by atoms with E-state index in [1.807, 2.05) is 30.3 Å². The Labute approximate surface area is 129 Å². The summed E-state index contributed by atoms with van der Waals surface area (Å²) < 4.78 is 0. The Bertz CT molecular complexity index is 633. The molecule has 6 heteroatoms. The molecule has 1 fully saturated rings. The summed E-state index contributed by atoms with van der Waals surface area (Å²) in [5.41, 5.74) is 0.277. The Balaban J connectivity index is 1.62. The molecule has 1 aliphatic rings. The van der Waals surface area contributed by atoms with E-state index >= 15 is 0 Å². The van der Waals surface area contributed by atoms with E-state index in [-0.39, 0.29) is 18.1 Å². The number of rotatable bonds is 4. The lowest BCUT2D eigenvalue weighted by molar-refractivity contribution is 0.00521. The van der Waals surface area contributed by atoms with Crippen molar-refractivity contribution >= 4 is 5.91 Å². The summed E-state index contributed by atoms with van der Waals surface area (Å²) in [6.07, 6.45) is 6.09. The lowest BCUT2D eigenvalue weighted by atomic mass is 9.85. The number of hydrogen-bond donors (Lipinski definition) is 2. The second kappa shape index (κ2) is 6.27. The number of nitrogens with zero attached hydrogens (tertiary/aromatic N) is 3. The second-order valence-electron chi connectivity index (χ2n) is 5.82. The van der Waals surface area contributed by atoms with Crippen LogP contribution in [0.3, 0.4) is 0 Å². The third-order valence-electron chi connectivity index (χ3n) is 4.07. The minimum atomic E-state index is -0.774. The van der Waals surface area contributed by atoms with Crippen LogP contribution < -0.4 is 5.32 Å². The maximum atomic E-state index is 12.1. The average molecular weight is 300 g/mol. The maximum absolute atomic E-state index is 12.1. The van der Waals surface area contributed by atoms with Crippen molar-refractivity contribution in [2.45, 2.75) is 37.7 Å². The van der Waals surface area contributed by atoms with Gasteiger partial charge in [0.1, 0.15) is 0 Å². The van der Waals surface area contributed by atoms with Crippen LogP contribution in [0.1, 0.15) is 42.6 Å². The van der Waals surface area contributed by atoms with Gasteiger partial charge in [-0.25, -0.2) is 0 Å². The van der Waals surface area contributed by atoms with E-state index in [1.165, 1.54) is 11.0 Å². The predicted molar refractivity (Wildman–Crippen MR) is 81.7 cm³/mol. The van der Waals surface area contributed by atoms with Crippen LogP contribution in [0.2, 0.25) is 0 Å². The van der Waals surface area contributed by atoms with Crippen molar-refractivity contribution in [3.05, 3.63) is 42.2 Å². The zero-order valence-corrected chi connectivity index (χ0v) is 12.4. The van der Waals surface area contributed by atoms with Gasteiger partial charge in [-0.3, -0.25) is 4.79 Å². The highest BCUT2D eigenvalue weighted by atomic mass is 16.3. The first-order valence-corrected chi connectivity index (χ1v) is 7.65. The van der Waals surface area contributed by atoms with E-state index in [1.54, 1.807) is 0 Å². The van der Waals surface area contributed by atoms with Gasteiger partial charge in [0, 0.05) is 6.54 Å². The lowest BCUT2D eigenvalue weighted by Crippen LogP contribution is -2.44. The van der Waals surface area contributed by atoms with Gasteiger partial charge < -0.3 is 10.4 Å². The number of nitrogens with one attached hydrogen (secondary N) is 1. The smallest absolute Gasteiger partial charge is 0.273 e. The molecule has 6 nitrogen and oxygen atoms in total. The highest BCUT2D eigenvalue weighted by Gasteiger charge is 2.29. The van der Waals surface area contributed by atoms with E-state index in [0.717, 1.165) is 37.8 Å². The Morgan fingerprint density at radius 3 is 2.68 bits per heavy atom. The third-order valence-corrected chi connectivity index (χ3v) is 4.07. The van der Waals surface area contributed by atoms with Crippen molar-refractivity contribution in [3.63, 3.8) is 0 Å². The van der Waals surface area contributed by atoms with E-state index in [2.05, 4.69) is 15.5 Å². The normalized spacial score (nSPS) is 17.1. The number of aromatic nitrogens is 3. The molecule has 1 saturated carbocycles. The van der Waals surface area contributed by atoms with Crippen LogP contribution in [0.15, 0.2) is 36.5 Å². The number of amides is 1. The fourth-order valence-corrected chi connectivity index (χ4v) is 2.77. The number of hydrogen-bond acceptors (Lipinski definition) is 4. The first-order valence-electron chi connectivity index (χ1n) is 7.65. The van der Waals surface area contributed by atoms with E-state index in [4.69, 9.17) is 0 Å². The van der Waals surface area contributed by atoms with Gasteiger partial charge in [0.15, 0.2) is 5.69 Å². The highest BCUT2D eigenvalue weighted by Crippen LogP contribution is 2.27. The van der Waals surface area contributed by atoms with Crippen molar-refractivity contribution in [1.29, 1.82) is 0 Å². The SMILES string of the molecule is O=C(NCC1(O)CCCCC1)c1cnn(-c2ccccc2)n1. The van der Waals surface area contributed by atoms with Gasteiger partial charge >= 0.3 is 0 Å².